The Labute approximate surface area is 108 Å². The summed E-state index contributed by atoms with van der Waals surface area (Å²) in [6.45, 7) is 0.363. The Balaban J connectivity index is 1.83. The second-order valence-corrected chi connectivity index (χ2v) is 4.08. The van der Waals surface area contributed by atoms with Gasteiger partial charge in [0.15, 0.2) is 0 Å². The molecular weight excluding hydrogens is 246 g/mol. The summed E-state index contributed by atoms with van der Waals surface area (Å²) in [4.78, 5) is 10.9. The molecule has 0 saturated carbocycles. The van der Waals surface area contributed by atoms with Crippen LogP contribution in [0.4, 0.5) is 5.69 Å². The molecule has 0 amide bonds. The van der Waals surface area contributed by atoms with Crippen LogP contribution in [0.1, 0.15) is 16.1 Å². The van der Waals surface area contributed by atoms with Crippen LogP contribution in [0.5, 0.6) is 0 Å². The topological polar surface area (TPSA) is 75.6 Å². The zero-order chi connectivity index (χ0) is 13.2. The largest absolute Gasteiger partial charge is 0.475 e. The minimum Gasteiger partial charge on any atom is -0.475 e. The summed E-state index contributed by atoms with van der Waals surface area (Å²) in [6, 6.07) is 9.27. The molecule has 3 rings (SSSR count). The third-order valence-electron chi connectivity index (χ3n) is 2.89. The quantitative estimate of drug-likeness (QED) is 0.749. The fourth-order valence-corrected chi connectivity index (χ4v) is 1.97. The van der Waals surface area contributed by atoms with Crippen molar-refractivity contribution in [2.45, 2.75) is 6.54 Å². The van der Waals surface area contributed by atoms with Gasteiger partial charge in [-0.1, -0.05) is 12.1 Å². The molecule has 2 heterocycles. The average Bonchev–Trinajstić information content (AvgIpc) is 3.03. The predicted molar refractivity (Wildman–Crippen MR) is 69.2 cm³/mol. The van der Waals surface area contributed by atoms with Crippen LogP contribution in [0.15, 0.2) is 51.7 Å². The Bertz CT molecular complexity index is 726. The molecule has 0 bridgehead atoms. The lowest BCUT2D eigenvalue weighted by Crippen LogP contribution is -2.04. The summed E-state index contributed by atoms with van der Waals surface area (Å²) in [5.41, 5.74) is 2.21. The number of carbonyl (C=O) groups is 1. The Morgan fingerprint density at radius 2 is 2.05 bits per heavy atom. The Kier molecular flexibility index (Phi) is 2.72. The highest BCUT2D eigenvalue weighted by Gasteiger charge is 2.14. The molecule has 0 radical (unpaired) electrons. The van der Waals surface area contributed by atoms with Crippen molar-refractivity contribution in [1.29, 1.82) is 0 Å². The van der Waals surface area contributed by atoms with Crippen LogP contribution < -0.4 is 5.32 Å². The van der Waals surface area contributed by atoms with E-state index in [0.29, 0.717) is 12.1 Å². The molecule has 2 aromatic heterocycles. The number of hydrogen-bond acceptors (Lipinski definition) is 4. The van der Waals surface area contributed by atoms with Crippen LogP contribution in [0.25, 0.3) is 11.0 Å². The van der Waals surface area contributed by atoms with Crippen LogP contribution in [0.2, 0.25) is 0 Å². The summed E-state index contributed by atoms with van der Waals surface area (Å²) in [7, 11) is 0. The predicted octanol–water partition coefficient (Wildman–Crippen LogP) is 3.34. The number of aromatic carboxylic acids is 1. The number of anilines is 1. The standard InChI is InChI=1S/C14H11NO4/c16-14(17)13-9(5-6-18-13)7-15-11-8-19-12-4-2-1-3-10(11)12/h1-6,8,15H,7H2,(H,16,17). The number of benzene rings is 1. The number of nitrogens with one attached hydrogen (secondary N) is 1. The molecule has 19 heavy (non-hydrogen) atoms. The van der Waals surface area contributed by atoms with Crippen molar-refractivity contribution in [2.75, 3.05) is 5.32 Å². The van der Waals surface area contributed by atoms with Gasteiger partial charge in [0.05, 0.1) is 12.0 Å². The molecule has 5 heteroatoms. The molecule has 3 aromatic rings. The van der Waals surface area contributed by atoms with E-state index in [2.05, 4.69) is 5.32 Å². The first-order chi connectivity index (χ1) is 9.25. The fraction of sp³-hybridized carbons (Fsp3) is 0.0714. The zero-order valence-corrected chi connectivity index (χ0v) is 9.92. The summed E-state index contributed by atoms with van der Waals surface area (Å²) < 4.78 is 10.3. The molecule has 0 aliphatic rings. The van der Waals surface area contributed by atoms with Gasteiger partial charge in [0, 0.05) is 17.5 Å². The summed E-state index contributed by atoms with van der Waals surface area (Å²) in [6.07, 6.45) is 2.99. The molecule has 0 saturated heterocycles. The summed E-state index contributed by atoms with van der Waals surface area (Å²) in [5.74, 6) is -1.11. The Hall–Kier alpha value is -2.69. The van der Waals surface area contributed by atoms with E-state index < -0.39 is 5.97 Å². The third kappa shape index (κ3) is 2.06. The third-order valence-corrected chi connectivity index (χ3v) is 2.89. The maximum absolute atomic E-state index is 10.9. The van der Waals surface area contributed by atoms with Crippen LogP contribution in [0.3, 0.4) is 0 Å². The number of rotatable bonds is 4. The minimum atomic E-state index is -1.07. The van der Waals surface area contributed by atoms with Crippen molar-refractivity contribution < 1.29 is 18.7 Å². The zero-order valence-electron chi connectivity index (χ0n) is 9.92. The second kappa shape index (κ2) is 4.53. The molecule has 0 unspecified atom stereocenters. The van der Waals surface area contributed by atoms with Gasteiger partial charge < -0.3 is 19.3 Å². The number of hydrogen-bond donors (Lipinski definition) is 2. The van der Waals surface area contributed by atoms with Gasteiger partial charge in [-0.3, -0.25) is 0 Å². The van der Waals surface area contributed by atoms with Crippen LogP contribution >= 0.6 is 0 Å². The lowest BCUT2D eigenvalue weighted by Gasteiger charge is -2.02. The highest BCUT2D eigenvalue weighted by atomic mass is 16.4. The summed E-state index contributed by atoms with van der Waals surface area (Å²) >= 11 is 0. The molecule has 0 aliphatic heterocycles. The molecule has 1 aromatic carbocycles. The maximum Gasteiger partial charge on any atom is 0.372 e. The van der Waals surface area contributed by atoms with Crippen molar-refractivity contribution in [3.8, 4) is 0 Å². The molecule has 0 atom stereocenters. The SMILES string of the molecule is O=C(O)c1occc1CNc1coc2ccccc12. The van der Waals surface area contributed by atoms with Gasteiger partial charge in [0.1, 0.15) is 11.8 Å². The van der Waals surface area contributed by atoms with E-state index >= 15 is 0 Å². The highest BCUT2D eigenvalue weighted by molar-refractivity contribution is 5.90. The normalized spacial score (nSPS) is 10.7. The number of para-hydroxylation sites is 1. The van der Waals surface area contributed by atoms with Gasteiger partial charge in [0.25, 0.3) is 0 Å². The van der Waals surface area contributed by atoms with E-state index in [0.717, 1.165) is 16.7 Å². The number of carboxylic acids is 1. The monoisotopic (exact) mass is 257 g/mol. The molecule has 5 nitrogen and oxygen atoms in total. The molecule has 2 N–H and O–H groups in total. The van der Waals surface area contributed by atoms with Crippen molar-refractivity contribution >= 4 is 22.6 Å². The molecule has 96 valence electrons. The fourth-order valence-electron chi connectivity index (χ4n) is 1.97. The number of fused-ring (bicyclic) bond motifs is 1. The lowest BCUT2D eigenvalue weighted by atomic mass is 10.2. The Morgan fingerprint density at radius 1 is 1.21 bits per heavy atom. The van der Waals surface area contributed by atoms with Gasteiger partial charge in [-0.25, -0.2) is 4.79 Å². The van der Waals surface area contributed by atoms with Crippen molar-refractivity contribution in [1.82, 2.24) is 0 Å². The highest BCUT2D eigenvalue weighted by Crippen LogP contribution is 2.26. The number of carboxylic acid groups (broad SMARTS) is 1. The average molecular weight is 257 g/mol. The maximum atomic E-state index is 10.9. The van der Waals surface area contributed by atoms with Crippen molar-refractivity contribution in [2.24, 2.45) is 0 Å². The summed E-state index contributed by atoms with van der Waals surface area (Å²) in [5, 5.41) is 13.1. The van der Waals surface area contributed by atoms with Gasteiger partial charge in [-0.2, -0.15) is 0 Å². The van der Waals surface area contributed by atoms with Crippen LogP contribution in [0, 0.1) is 0 Å². The van der Waals surface area contributed by atoms with E-state index in [1.165, 1.54) is 6.26 Å². The van der Waals surface area contributed by atoms with Crippen molar-refractivity contribution in [3.05, 3.63) is 54.2 Å². The molecule has 0 aliphatic carbocycles. The minimum absolute atomic E-state index is 0.0414. The van der Waals surface area contributed by atoms with Crippen LogP contribution in [-0.4, -0.2) is 11.1 Å². The number of furan rings is 2. The molecular formula is C14H11NO4. The van der Waals surface area contributed by atoms with Crippen molar-refractivity contribution in [3.63, 3.8) is 0 Å². The first-order valence-corrected chi connectivity index (χ1v) is 5.75. The molecule has 0 fully saturated rings. The second-order valence-electron chi connectivity index (χ2n) is 4.08. The lowest BCUT2D eigenvalue weighted by molar-refractivity contribution is 0.0661. The van der Waals surface area contributed by atoms with Gasteiger partial charge >= 0.3 is 5.97 Å². The van der Waals surface area contributed by atoms with Crippen LogP contribution in [-0.2, 0) is 6.54 Å². The van der Waals surface area contributed by atoms with Gasteiger partial charge in [-0.05, 0) is 18.2 Å². The van der Waals surface area contributed by atoms with E-state index in [1.807, 2.05) is 24.3 Å². The Morgan fingerprint density at radius 3 is 2.89 bits per heavy atom. The van der Waals surface area contributed by atoms with E-state index in [-0.39, 0.29) is 5.76 Å². The van der Waals surface area contributed by atoms with Gasteiger partial charge in [0.2, 0.25) is 5.76 Å². The molecule has 0 spiro atoms. The van der Waals surface area contributed by atoms with E-state index in [4.69, 9.17) is 13.9 Å². The smallest absolute Gasteiger partial charge is 0.372 e. The van der Waals surface area contributed by atoms with E-state index in [1.54, 1.807) is 12.3 Å². The van der Waals surface area contributed by atoms with E-state index in [9.17, 15) is 4.79 Å². The first-order valence-electron chi connectivity index (χ1n) is 5.75. The van der Waals surface area contributed by atoms with Gasteiger partial charge in [-0.15, -0.1) is 0 Å². The first kappa shape index (κ1) is 11.4.